The van der Waals surface area contributed by atoms with Crippen molar-refractivity contribution < 1.29 is 9.53 Å². The highest BCUT2D eigenvalue weighted by atomic mass is 16.6. The summed E-state index contributed by atoms with van der Waals surface area (Å²) >= 11 is 0. The van der Waals surface area contributed by atoms with Crippen LogP contribution in [-0.2, 0) is 11.3 Å². The SMILES string of the molecule is Cc1c(CN(C(=O)OC(C)(C)C)C2CCC2)cccc1-c1cn[nH]c1. The molecule has 5 nitrogen and oxygen atoms in total. The number of aromatic amines is 1. The monoisotopic (exact) mass is 341 g/mol. The lowest BCUT2D eigenvalue weighted by Crippen LogP contribution is -2.46. The van der Waals surface area contributed by atoms with Crippen molar-refractivity contribution in [2.24, 2.45) is 0 Å². The molecule has 0 aliphatic heterocycles. The van der Waals surface area contributed by atoms with E-state index >= 15 is 0 Å². The summed E-state index contributed by atoms with van der Waals surface area (Å²) in [6, 6.07) is 6.50. The van der Waals surface area contributed by atoms with Crippen LogP contribution in [0.2, 0.25) is 0 Å². The van der Waals surface area contributed by atoms with Crippen molar-refractivity contribution in [1.29, 1.82) is 0 Å². The van der Waals surface area contributed by atoms with Crippen LogP contribution in [0.15, 0.2) is 30.6 Å². The van der Waals surface area contributed by atoms with E-state index in [1.54, 1.807) is 0 Å². The van der Waals surface area contributed by atoms with Gasteiger partial charge in [-0.05, 0) is 63.6 Å². The van der Waals surface area contributed by atoms with E-state index in [9.17, 15) is 4.79 Å². The van der Waals surface area contributed by atoms with Crippen molar-refractivity contribution in [2.45, 2.75) is 65.1 Å². The number of hydrogen-bond donors (Lipinski definition) is 1. The molecule has 0 radical (unpaired) electrons. The fraction of sp³-hybridized carbons (Fsp3) is 0.500. The highest BCUT2D eigenvalue weighted by Gasteiger charge is 2.32. The van der Waals surface area contributed by atoms with Crippen LogP contribution >= 0.6 is 0 Å². The number of benzene rings is 1. The fourth-order valence-corrected chi connectivity index (χ4v) is 3.11. The molecule has 1 fully saturated rings. The summed E-state index contributed by atoms with van der Waals surface area (Å²) in [5.41, 5.74) is 4.05. The van der Waals surface area contributed by atoms with E-state index in [1.165, 1.54) is 12.0 Å². The van der Waals surface area contributed by atoms with Crippen LogP contribution in [0.5, 0.6) is 0 Å². The topological polar surface area (TPSA) is 58.2 Å². The number of amides is 1. The molecule has 1 aromatic carbocycles. The van der Waals surface area contributed by atoms with Gasteiger partial charge in [0.15, 0.2) is 0 Å². The summed E-state index contributed by atoms with van der Waals surface area (Å²) < 4.78 is 5.64. The second-order valence-corrected chi connectivity index (χ2v) is 7.77. The first kappa shape index (κ1) is 17.5. The van der Waals surface area contributed by atoms with Crippen LogP contribution in [0.25, 0.3) is 11.1 Å². The number of nitrogens with zero attached hydrogens (tertiary/aromatic N) is 2. The van der Waals surface area contributed by atoms with E-state index in [0.29, 0.717) is 6.54 Å². The molecule has 0 saturated heterocycles. The zero-order valence-corrected chi connectivity index (χ0v) is 15.5. The van der Waals surface area contributed by atoms with Crippen molar-refractivity contribution in [1.82, 2.24) is 15.1 Å². The minimum atomic E-state index is -0.479. The number of rotatable bonds is 4. The average Bonchev–Trinajstić information content (AvgIpc) is 2.98. The van der Waals surface area contributed by atoms with E-state index in [0.717, 1.165) is 29.5 Å². The minimum absolute atomic E-state index is 0.217. The molecular weight excluding hydrogens is 314 g/mol. The summed E-state index contributed by atoms with van der Waals surface area (Å²) in [5, 5.41) is 6.90. The molecule has 1 heterocycles. The number of ether oxygens (including phenoxy) is 1. The molecule has 1 saturated carbocycles. The largest absolute Gasteiger partial charge is 0.444 e. The van der Waals surface area contributed by atoms with Crippen molar-refractivity contribution in [3.05, 3.63) is 41.7 Å². The number of carbonyl (C=O) groups is 1. The van der Waals surface area contributed by atoms with Gasteiger partial charge >= 0.3 is 6.09 Å². The van der Waals surface area contributed by atoms with Gasteiger partial charge in [-0.25, -0.2) is 4.79 Å². The van der Waals surface area contributed by atoms with E-state index < -0.39 is 5.60 Å². The molecule has 1 N–H and O–H groups in total. The molecule has 134 valence electrons. The Kier molecular flexibility index (Phi) is 4.84. The maximum atomic E-state index is 12.7. The van der Waals surface area contributed by atoms with Gasteiger partial charge in [0.2, 0.25) is 0 Å². The summed E-state index contributed by atoms with van der Waals surface area (Å²) in [7, 11) is 0. The Hall–Kier alpha value is -2.30. The number of H-pyrrole nitrogens is 1. The zero-order chi connectivity index (χ0) is 18.0. The molecule has 0 unspecified atom stereocenters. The highest BCUT2D eigenvalue weighted by Crippen LogP contribution is 2.30. The minimum Gasteiger partial charge on any atom is -0.444 e. The predicted molar refractivity (Wildman–Crippen MR) is 98.2 cm³/mol. The number of nitrogens with one attached hydrogen (secondary N) is 1. The summed E-state index contributed by atoms with van der Waals surface area (Å²) in [4.78, 5) is 14.6. The zero-order valence-electron chi connectivity index (χ0n) is 15.5. The van der Waals surface area contributed by atoms with E-state index in [4.69, 9.17) is 4.74 Å². The van der Waals surface area contributed by atoms with Crippen molar-refractivity contribution >= 4 is 6.09 Å². The molecule has 0 spiro atoms. The summed E-state index contributed by atoms with van der Waals surface area (Å²) in [6.07, 6.45) is 6.79. The third-order valence-electron chi connectivity index (χ3n) is 4.74. The fourth-order valence-electron chi connectivity index (χ4n) is 3.11. The molecule has 1 amide bonds. The van der Waals surface area contributed by atoms with Crippen molar-refractivity contribution in [2.75, 3.05) is 0 Å². The first-order valence-corrected chi connectivity index (χ1v) is 8.92. The Morgan fingerprint density at radius 1 is 1.36 bits per heavy atom. The predicted octanol–water partition coefficient (Wildman–Crippen LogP) is 4.67. The molecular formula is C20H27N3O2. The molecule has 1 aliphatic rings. The Labute approximate surface area is 149 Å². The standard InChI is InChI=1S/C20H27N3O2/c1-14-15(7-5-10-18(14)16-11-21-22-12-16)13-23(17-8-6-9-17)19(24)25-20(2,3)4/h5,7,10-12,17H,6,8-9,13H2,1-4H3,(H,21,22). The molecule has 0 atom stereocenters. The Bertz CT molecular complexity index is 728. The van der Waals surface area contributed by atoms with Gasteiger partial charge in [0, 0.05) is 24.3 Å². The van der Waals surface area contributed by atoms with E-state index in [2.05, 4.69) is 29.3 Å². The summed E-state index contributed by atoms with van der Waals surface area (Å²) in [5.74, 6) is 0. The molecule has 5 heteroatoms. The van der Waals surface area contributed by atoms with Gasteiger partial charge in [0.1, 0.15) is 5.60 Å². The Morgan fingerprint density at radius 3 is 2.68 bits per heavy atom. The number of aromatic nitrogens is 2. The first-order chi connectivity index (χ1) is 11.8. The average molecular weight is 341 g/mol. The second kappa shape index (κ2) is 6.90. The molecule has 3 rings (SSSR count). The number of hydrogen-bond acceptors (Lipinski definition) is 3. The van der Waals surface area contributed by atoms with Crippen LogP contribution in [-0.4, -0.2) is 32.8 Å². The van der Waals surface area contributed by atoms with Crippen LogP contribution in [0.1, 0.15) is 51.2 Å². The van der Waals surface area contributed by atoms with Gasteiger partial charge in [-0.1, -0.05) is 18.2 Å². The van der Waals surface area contributed by atoms with Gasteiger partial charge in [-0.15, -0.1) is 0 Å². The van der Waals surface area contributed by atoms with Crippen LogP contribution in [0.3, 0.4) is 0 Å². The third-order valence-corrected chi connectivity index (χ3v) is 4.74. The van der Waals surface area contributed by atoms with E-state index in [-0.39, 0.29) is 12.1 Å². The lowest BCUT2D eigenvalue weighted by atomic mass is 9.90. The molecule has 1 aliphatic carbocycles. The normalized spacial score (nSPS) is 14.9. The second-order valence-electron chi connectivity index (χ2n) is 7.77. The van der Waals surface area contributed by atoms with Gasteiger partial charge in [0.05, 0.1) is 6.20 Å². The number of carbonyl (C=O) groups excluding carboxylic acids is 1. The van der Waals surface area contributed by atoms with Crippen molar-refractivity contribution in [3.63, 3.8) is 0 Å². The molecule has 25 heavy (non-hydrogen) atoms. The summed E-state index contributed by atoms with van der Waals surface area (Å²) in [6.45, 7) is 8.42. The lowest BCUT2D eigenvalue weighted by Gasteiger charge is -2.38. The van der Waals surface area contributed by atoms with E-state index in [1.807, 2.05) is 44.1 Å². The quantitative estimate of drug-likeness (QED) is 0.879. The first-order valence-electron chi connectivity index (χ1n) is 8.92. The maximum absolute atomic E-state index is 12.7. The maximum Gasteiger partial charge on any atom is 0.410 e. The van der Waals surface area contributed by atoms with Gasteiger partial charge < -0.3 is 9.64 Å². The van der Waals surface area contributed by atoms with Crippen molar-refractivity contribution in [3.8, 4) is 11.1 Å². The molecule has 1 aromatic heterocycles. The smallest absolute Gasteiger partial charge is 0.410 e. The molecule has 2 aromatic rings. The van der Waals surface area contributed by atoms with Gasteiger partial charge in [-0.3, -0.25) is 5.10 Å². The van der Waals surface area contributed by atoms with Crippen LogP contribution < -0.4 is 0 Å². The Morgan fingerprint density at radius 2 is 2.12 bits per heavy atom. The molecule has 0 bridgehead atoms. The van der Waals surface area contributed by atoms with Crippen LogP contribution in [0.4, 0.5) is 4.79 Å². The van der Waals surface area contributed by atoms with Gasteiger partial charge in [0.25, 0.3) is 0 Å². The Balaban J connectivity index is 1.85. The third kappa shape index (κ3) is 4.03. The van der Waals surface area contributed by atoms with Gasteiger partial charge in [-0.2, -0.15) is 5.10 Å². The lowest BCUT2D eigenvalue weighted by molar-refractivity contribution is 0.00458. The van der Waals surface area contributed by atoms with Crippen LogP contribution in [0, 0.1) is 6.92 Å². The highest BCUT2D eigenvalue weighted by molar-refractivity contribution is 5.70.